The van der Waals surface area contributed by atoms with Gasteiger partial charge < -0.3 is 15.3 Å². The highest BCUT2D eigenvalue weighted by Crippen LogP contribution is 2.22. The lowest BCUT2D eigenvalue weighted by molar-refractivity contribution is 0.146. The molecule has 1 aromatic carbocycles. The molecule has 118 valence electrons. The Kier molecular flexibility index (Phi) is 6.42. The van der Waals surface area contributed by atoms with Crippen molar-refractivity contribution in [3.63, 3.8) is 0 Å². The highest BCUT2D eigenvalue weighted by molar-refractivity contribution is 6.30. The van der Waals surface area contributed by atoms with Crippen LogP contribution >= 0.6 is 11.6 Å². The van der Waals surface area contributed by atoms with Crippen molar-refractivity contribution in [1.82, 2.24) is 10.2 Å². The minimum Gasteiger partial charge on any atom is -0.395 e. The molecule has 0 aromatic heterocycles. The van der Waals surface area contributed by atoms with Gasteiger partial charge in [0, 0.05) is 12.6 Å². The van der Waals surface area contributed by atoms with Crippen LogP contribution in [0.2, 0.25) is 5.02 Å². The van der Waals surface area contributed by atoms with Crippen LogP contribution in [0.3, 0.4) is 0 Å². The molecule has 0 spiro atoms. The van der Waals surface area contributed by atoms with Crippen molar-refractivity contribution < 1.29 is 9.50 Å². The Hall–Kier alpha value is -0.680. The Morgan fingerprint density at radius 2 is 2.14 bits per heavy atom. The SMILES string of the molecule is C[C@@H](NCC1CCN(CCO)CC1)c1ccc(F)c(Cl)c1. The van der Waals surface area contributed by atoms with Crippen molar-refractivity contribution in [2.45, 2.75) is 25.8 Å². The third kappa shape index (κ3) is 4.92. The summed E-state index contributed by atoms with van der Waals surface area (Å²) < 4.78 is 13.2. The van der Waals surface area contributed by atoms with Gasteiger partial charge in [-0.15, -0.1) is 0 Å². The molecule has 1 fully saturated rings. The van der Waals surface area contributed by atoms with Crippen molar-refractivity contribution >= 4 is 11.6 Å². The van der Waals surface area contributed by atoms with E-state index in [1.807, 2.05) is 0 Å². The van der Waals surface area contributed by atoms with Gasteiger partial charge in [0.15, 0.2) is 0 Å². The van der Waals surface area contributed by atoms with Gasteiger partial charge in [-0.1, -0.05) is 17.7 Å². The van der Waals surface area contributed by atoms with E-state index in [1.54, 1.807) is 12.1 Å². The number of aliphatic hydroxyl groups excluding tert-OH is 1. The Balaban J connectivity index is 1.76. The van der Waals surface area contributed by atoms with Gasteiger partial charge in [0.05, 0.1) is 11.6 Å². The average molecular weight is 315 g/mol. The van der Waals surface area contributed by atoms with Crippen LogP contribution in [0.1, 0.15) is 31.4 Å². The number of hydrogen-bond acceptors (Lipinski definition) is 3. The molecule has 1 atom stereocenters. The third-order valence-electron chi connectivity index (χ3n) is 4.28. The molecular weight excluding hydrogens is 291 g/mol. The lowest BCUT2D eigenvalue weighted by Gasteiger charge is -2.32. The first-order valence-electron chi connectivity index (χ1n) is 7.61. The van der Waals surface area contributed by atoms with Gasteiger partial charge in [0.25, 0.3) is 0 Å². The number of benzene rings is 1. The van der Waals surface area contributed by atoms with Crippen LogP contribution in [0, 0.1) is 11.7 Å². The first-order valence-corrected chi connectivity index (χ1v) is 7.99. The summed E-state index contributed by atoms with van der Waals surface area (Å²) in [6.45, 7) is 6.18. The number of hydrogen-bond donors (Lipinski definition) is 2. The molecule has 1 heterocycles. The molecule has 1 saturated heterocycles. The summed E-state index contributed by atoms with van der Waals surface area (Å²) in [7, 11) is 0. The maximum absolute atomic E-state index is 13.2. The zero-order chi connectivity index (χ0) is 15.2. The summed E-state index contributed by atoms with van der Waals surface area (Å²) in [5, 5.41) is 12.6. The second-order valence-corrected chi connectivity index (χ2v) is 6.22. The molecule has 0 radical (unpaired) electrons. The van der Waals surface area contributed by atoms with E-state index in [0.717, 1.165) is 44.6 Å². The van der Waals surface area contributed by atoms with Crippen LogP contribution in [0.4, 0.5) is 4.39 Å². The predicted octanol–water partition coefficient (Wildman–Crippen LogP) is 2.83. The summed E-state index contributed by atoms with van der Waals surface area (Å²) in [6, 6.07) is 5.06. The molecule has 0 amide bonds. The summed E-state index contributed by atoms with van der Waals surface area (Å²) in [6.07, 6.45) is 2.31. The largest absolute Gasteiger partial charge is 0.395 e. The van der Waals surface area contributed by atoms with Gasteiger partial charge in [-0.2, -0.15) is 0 Å². The Morgan fingerprint density at radius 1 is 1.43 bits per heavy atom. The van der Waals surface area contributed by atoms with Crippen LogP contribution < -0.4 is 5.32 Å². The van der Waals surface area contributed by atoms with Crippen molar-refractivity contribution in [2.24, 2.45) is 5.92 Å². The minimum absolute atomic E-state index is 0.165. The van der Waals surface area contributed by atoms with E-state index in [2.05, 4.69) is 17.1 Å². The number of nitrogens with zero attached hydrogens (tertiary/aromatic N) is 1. The molecule has 2 rings (SSSR count). The number of rotatable bonds is 6. The molecule has 21 heavy (non-hydrogen) atoms. The van der Waals surface area contributed by atoms with E-state index < -0.39 is 0 Å². The lowest BCUT2D eigenvalue weighted by atomic mass is 9.96. The van der Waals surface area contributed by atoms with Gasteiger partial charge in [0.1, 0.15) is 5.82 Å². The van der Waals surface area contributed by atoms with Crippen LogP contribution in [-0.2, 0) is 0 Å². The van der Waals surface area contributed by atoms with E-state index in [-0.39, 0.29) is 23.5 Å². The average Bonchev–Trinajstić information content (AvgIpc) is 2.49. The standard InChI is InChI=1S/C16H24ClFN2O/c1-12(14-2-3-16(18)15(17)10-14)19-11-13-4-6-20(7-5-13)8-9-21/h2-3,10,12-13,19,21H,4-9,11H2,1H3/t12-/m1/s1. The fraction of sp³-hybridized carbons (Fsp3) is 0.625. The van der Waals surface area contributed by atoms with Crippen molar-refractivity contribution in [3.05, 3.63) is 34.6 Å². The van der Waals surface area contributed by atoms with E-state index in [9.17, 15) is 4.39 Å². The monoisotopic (exact) mass is 314 g/mol. The van der Waals surface area contributed by atoms with Crippen LogP contribution in [0.5, 0.6) is 0 Å². The third-order valence-corrected chi connectivity index (χ3v) is 4.57. The number of likely N-dealkylation sites (tertiary alicyclic amines) is 1. The molecule has 3 nitrogen and oxygen atoms in total. The first kappa shape index (κ1) is 16.7. The molecule has 0 unspecified atom stereocenters. The molecule has 5 heteroatoms. The molecule has 0 saturated carbocycles. The number of aliphatic hydroxyl groups is 1. The van der Waals surface area contributed by atoms with Crippen LogP contribution in [0.25, 0.3) is 0 Å². The summed E-state index contributed by atoms with van der Waals surface area (Å²) in [5.74, 6) is 0.294. The molecule has 0 aliphatic carbocycles. The van der Waals surface area contributed by atoms with E-state index in [1.165, 1.54) is 6.07 Å². The summed E-state index contributed by atoms with van der Waals surface area (Å²) in [5.41, 5.74) is 1.01. The Morgan fingerprint density at radius 3 is 2.76 bits per heavy atom. The minimum atomic E-state index is -0.371. The summed E-state index contributed by atoms with van der Waals surface area (Å²) in [4.78, 5) is 2.31. The lowest BCUT2D eigenvalue weighted by Crippen LogP contribution is -2.39. The molecule has 0 bridgehead atoms. The normalized spacial score (nSPS) is 18.9. The van der Waals surface area contributed by atoms with Gasteiger partial charge in [-0.3, -0.25) is 0 Å². The van der Waals surface area contributed by atoms with Gasteiger partial charge in [0.2, 0.25) is 0 Å². The van der Waals surface area contributed by atoms with Gasteiger partial charge in [-0.25, -0.2) is 4.39 Å². The van der Waals surface area contributed by atoms with Gasteiger partial charge in [-0.05, 0) is 63.0 Å². The quantitative estimate of drug-likeness (QED) is 0.847. The molecular formula is C16H24ClFN2O. The zero-order valence-corrected chi connectivity index (χ0v) is 13.2. The highest BCUT2D eigenvalue weighted by atomic mass is 35.5. The fourth-order valence-corrected chi connectivity index (χ4v) is 2.99. The van der Waals surface area contributed by atoms with E-state index in [0.29, 0.717) is 5.92 Å². The second-order valence-electron chi connectivity index (χ2n) is 5.81. The molecule has 1 aliphatic rings. The topological polar surface area (TPSA) is 35.5 Å². The van der Waals surface area contributed by atoms with Gasteiger partial charge >= 0.3 is 0 Å². The predicted molar refractivity (Wildman–Crippen MR) is 84.1 cm³/mol. The van der Waals surface area contributed by atoms with Crippen LogP contribution in [0.15, 0.2) is 18.2 Å². The smallest absolute Gasteiger partial charge is 0.141 e. The number of β-amino-alcohol motifs (C(OH)–C–C–N with tert-alkyl or cyclic N) is 1. The number of piperidine rings is 1. The maximum atomic E-state index is 13.2. The second kappa shape index (κ2) is 8.08. The van der Waals surface area contributed by atoms with Crippen LogP contribution in [-0.4, -0.2) is 42.8 Å². The number of nitrogens with one attached hydrogen (secondary N) is 1. The fourth-order valence-electron chi connectivity index (χ4n) is 2.80. The summed E-state index contributed by atoms with van der Waals surface area (Å²) >= 11 is 5.82. The Bertz CT molecular complexity index is 450. The Labute approximate surface area is 131 Å². The van der Waals surface area contributed by atoms with Crippen molar-refractivity contribution in [3.8, 4) is 0 Å². The molecule has 2 N–H and O–H groups in total. The van der Waals surface area contributed by atoms with E-state index >= 15 is 0 Å². The zero-order valence-electron chi connectivity index (χ0n) is 12.5. The maximum Gasteiger partial charge on any atom is 0.141 e. The van der Waals surface area contributed by atoms with E-state index in [4.69, 9.17) is 16.7 Å². The highest BCUT2D eigenvalue weighted by Gasteiger charge is 2.19. The first-order chi connectivity index (χ1) is 10.1. The molecule has 1 aliphatic heterocycles. The van der Waals surface area contributed by atoms with Crippen molar-refractivity contribution in [2.75, 3.05) is 32.8 Å². The molecule has 1 aromatic rings. The number of halogens is 2. The van der Waals surface area contributed by atoms with Crippen molar-refractivity contribution in [1.29, 1.82) is 0 Å².